The molecule has 1 aliphatic carbocycles. The average Bonchev–Trinajstić information content (AvgIpc) is 2.38. The number of hydrogen-bond acceptors (Lipinski definition) is 2. The van der Waals surface area contributed by atoms with Crippen molar-refractivity contribution in [3.05, 3.63) is 0 Å². The van der Waals surface area contributed by atoms with E-state index in [0.29, 0.717) is 12.5 Å². The van der Waals surface area contributed by atoms with E-state index in [-0.39, 0.29) is 24.5 Å². The lowest BCUT2D eigenvalue weighted by Gasteiger charge is -2.33. The van der Waals surface area contributed by atoms with Gasteiger partial charge >= 0.3 is 12.0 Å². The Bertz CT molecular complexity index is 333. The van der Waals surface area contributed by atoms with Gasteiger partial charge < -0.3 is 15.3 Å². The van der Waals surface area contributed by atoms with E-state index in [1.807, 2.05) is 6.92 Å². The first-order chi connectivity index (χ1) is 9.47. The quantitative estimate of drug-likeness (QED) is 0.788. The van der Waals surface area contributed by atoms with Crippen LogP contribution in [0.3, 0.4) is 0 Å². The molecule has 1 aliphatic rings. The second kappa shape index (κ2) is 8.12. The van der Waals surface area contributed by atoms with Gasteiger partial charge in [0.1, 0.15) is 0 Å². The molecule has 0 aliphatic heterocycles. The van der Waals surface area contributed by atoms with Gasteiger partial charge in [-0.1, -0.05) is 26.2 Å². The van der Waals surface area contributed by atoms with Crippen LogP contribution in [-0.4, -0.2) is 40.6 Å². The summed E-state index contributed by atoms with van der Waals surface area (Å²) in [7, 11) is 0. The molecule has 1 fully saturated rings. The zero-order valence-corrected chi connectivity index (χ0v) is 12.9. The van der Waals surface area contributed by atoms with Gasteiger partial charge in [0.15, 0.2) is 0 Å². The lowest BCUT2D eigenvalue weighted by atomic mass is 9.84. The van der Waals surface area contributed by atoms with Crippen molar-refractivity contribution in [3.8, 4) is 0 Å². The third kappa shape index (κ3) is 5.02. The minimum Gasteiger partial charge on any atom is -0.481 e. The number of urea groups is 1. The van der Waals surface area contributed by atoms with E-state index in [9.17, 15) is 9.59 Å². The van der Waals surface area contributed by atoms with Crippen molar-refractivity contribution in [2.45, 2.75) is 71.4 Å². The van der Waals surface area contributed by atoms with Gasteiger partial charge in [-0.2, -0.15) is 0 Å². The molecule has 20 heavy (non-hydrogen) atoms. The second-order valence-corrected chi connectivity index (χ2v) is 5.82. The number of carbonyl (C=O) groups excluding carboxylic acids is 1. The standard InChI is InChI=1S/C15H28N2O3/c1-4-12-7-6-8-13(10-12)16-15(20)17(5-2)11(3)9-14(18)19/h11-13H,4-10H2,1-3H3,(H,16,20)(H,18,19). The number of hydrogen-bond donors (Lipinski definition) is 2. The highest BCUT2D eigenvalue weighted by molar-refractivity contribution is 5.76. The molecule has 2 amide bonds. The maximum Gasteiger partial charge on any atom is 0.317 e. The first-order valence-corrected chi connectivity index (χ1v) is 7.76. The zero-order chi connectivity index (χ0) is 15.1. The van der Waals surface area contributed by atoms with Crippen LogP contribution < -0.4 is 5.32 Å². The van der Waals surface area contributed by atoms with Crippen LogP contribution in [0.4, 0.5) is 4.79 Å². The van der Waals surface area contributed by atoms with Crippen LogP contribution >= 0.6 is 0 Å². The summed E-state index contributed by atoms with van der Waals surface area (Å²) >= 11 is 0. The second-order valence-electron chi connectivity index (χ2n) is 5.82. The van der Waals surface area contributed by atoms with Crippen molar-refractivity contribution in [1.29, 1.82) is 0 Å². The van der Waals surface area contributed by atoms with E-state index in [1.165, 1.54) is 19.3 Å². The van der Waals surface area contributed by atoms with Crippen LogP contribution in [0.5, 0.6) is 0 Å². The van der Waals surface area contributed by atoms with Crippen LogP contribution in [0, 0.1) is 5.92 Å². The molecule has 5 nitrogen and oxygen atoms in total. The molecular formula is C15H28N2O3. The van der Waals surface area contributed by atoms with Crippen molar-refractivity contribution in [3.63, 3.8) is 0 Å². The molecule has 5 heteroatoms. The van der Waals surface area contributed by atoms with Crippen LogP contribution in [0.2, 0.25) is 0 Å². The lowest BCUT2D eigenvalue weighted by molar-refractivity contribution is -0.138. The Morgan fingerprint density at radius 3 is 2.60 bits per heavy atom. The molecule has 2 N–H and O–H groups in total. The van der Waals surface area contributed by atoms with Gasteiger partial charge in [0.25, 0.3) is 0 Å². The highest BCUT2D eigenvalue weighted by Gasteiger charge is 2.26. The normalized spacial score (nSPS) is 23.9. The molecule has 1 rings (SSSR count). The van der Waals surface area contributed by atoms with Crippen molar-refractivity contribution < 1.29 is 14.7 Å². The number of carboxylic acids is 1. The van der Waals surface area contributed by atoms with Gasteiger partial charge in [-0.25, -0.2) is 4.79 Å². The Balaban J connectivity index is 2.52. The molecule has 0 bridgehead atoms. The Hall–Kier alpha value is -1.26. The molecule has 3 unspecified atom stereocenters. The summed E-state index contributed by atoms with van der Waals surface area (Å²) in [5.41, 5.74) is 0. The molecule has 0 aromatic heterocycles. The Labute approximate surface area is 121 Å². The van der Waals surface area contributed by atoms with E-state index in [0.717, 1.165) is 12.8 Å². The minimum atomic E-state index is -0.868. The van der Waals surface area contributed by atoms with Gasteiger partial charge in [0, 0.05) is 18.6 Å². The summed E-state index contributed by atoms with van der Waals surface area (Å²) in [6, 6.07) is -0.154. The van der Waals surface area contributed by atoms with Crippen molar-refractivity contribution in [2.24, 2.45) is 5.92 Å². The Morgan fingerprint density at radius 1 is 1.35 bits per heavy atom. The largest absolute Gasteiger partial charge is 0.481 e. The van der Waals surface area contributed by atoms with Gasteiger partial charge in [0.05, 0.1) is 6.42 Å². The summed E-state index contributed by atoms with van der Waals surface area (Å²) in [6.07, 6.45) is 5.67. The third-order valence-electron chi connectivity index (χ3n) is 4.29. The fourth-order valence-corrected chi connectivity index (χ4v) is 3.07. The predicted octanol–water partition coefficient (Wildman–Crippen LogP) is 2.85. The topological polar surface area (TPSA) is 69.6 Å². The van der Waals surface area contributed by atoms with Crippen molar-refractivity contribution in [2.75, 3.05) is 6.54 Å². The number of aliphatic carboxylic acids is 1. The van der Waals surface area contributed by atoms with E-state index in [2.05, 4.69) is 12.2 Å². The zero-order valence-electron chi connectivity index (χ0n) is 12.9. The number of carboxylic acid groups (broad SMARTS) is 1. The van der Waals surface area contributed by atoms with Gasteiger partial charge in [-0.15, -0.1) is 0 Å². The Morgan fingerprint density at radius 2 is 2.05 bits per heavy atom. The molecule has 116 valence electrons. The molecule has 0 spiro atoms. The van der Waals surface area contributed by atoms with E-state index in [1.54, 1.807) is 11.8 Å². The SMILES string of the molecule is CCC1CCCC(NC(=O)N(CC)C(C)CC(=O)O)C1. The monoisotopic (exact) mass is 284 g/mol. The van der Waals surface area contributed by atoms with Gasteiger partial charge in [-0.05, 0) is 32.6 Å². The fraction of sp³-hybridized carbons (Fsp3) is 0.867. The van der Waals surface area contributed by atoms with Crippen LogP contribution in [0.25, 0.3) is 0 Å². The van der Waals surface area contributed by atoms with E-state index < -0.39 is 5.97 Å². The summed E-state index contributed by atoms with van der Waals surface area (Å²) in [6.45, 7) is 6.40. The van der Waals surface area contributed by atoms with Crippen LogP contribution in [-0.2, 0) is 4.79 Å². The molecule has 0 saturated heterocycles. The minimum absolute atomic E-state index is 0.0104. The molecule has 3 atom stereocenters. The Kier molecular flexibility index (Phi) is 6.82. The van der Waals surface area contributed by atoms with Crippen LogP contribution in [0.1, 0.15) is 59.3 Å². The maximum absolute atomic E-state index is 12.3. The molecule has 1 saturated carbocycles. The average molecular weight is 284 g/mol. The van der Waals surface area contributed by atoms with Crippen molar-refractivity contribution >= 4 is 12.0 Å². The highest BCUT2D eigenvalue weighted by atomic mass is 16.4. The summed E-state index contributed by atoms with van der Waals surface area (Å²) in [4.78, 5) is 24.7. The number of nitrogens with zero attached hydrogens (tertiary/aromatic N) is 1. The summed E-state index contributed by atoms with van der Waals surface area (Å²) < 4.78 is 0. The molecular weight excluding hydrogens is 256 g/mol. The molecule has 0 heterocycles. The summed E-state index contributed by atoms with van der Waals surface area (Å²) in [5.74, 6) is -0.159. The fourth-order valence-electron chi connectivity index (χ4n) is 3.07. The maximum atomic E-state index is 12.3. The van der Waals surface area contributed by atoms with Gasteiger partial charge in [0.2, 0.25) is 0 Å². The number of amides is 2. The molecule has 0 aromatic carbocycles. The molecule has 0 radical (unpaired) electrons. The predicted molar refractivity (Wildman–Crippen MR) is 78.7 cm³/mol. The summed E-state index contributed by atoms with van der Waals surface area (Å²) in [5, 5.41) is 11.9. The van der Waals surface area contributed by atoms with E-state index >= 15 is 0 Å². The first kappa shape index (κ1) is 16.8. The highest BCUT2D eigenvalue weighted by Crippen LogP contribution is 2.26. The number of nitrogens with one attached hydrogen (secondary N) is 1. The smallest absolute Gasteiger partial charge is 0.317 e. The van der Waals surface area contributed by atoms with E-state index in [4.69, 9.17) is 5.11 Å². The lowest BCUT2D eigenvalue weighted by Crippen LogP contribution is -2.49. The van der Waals surface area contributed by atoms with Crippen molar-refractivity contribution in [1.82, 2.24) is 10.2 Å². The number of carbonyl (C=O) groups is 2. The molecule has 0 aromatic rings. The van der Waals surface area contributed by atoms with Crippen LogP contribution in [0.15, 0.2) is 0 Å². The number of rotatable bonds is 6. The first-order valence-electron chi connectivity index (χ1n) is 7.76. The third-order valence-corrected chi connectivity index (χ3v) is 4.29. The van der Waals surface area contributed by atoms with Gasteiger partial charge in [-0.3, -0.25) is 4.79 Å².